The molecule has 1 N–H and O–H groups in total. The van der Waals surface area contributed by atoms with E-state index in [1.807, 2.05) is 0 Å². The number of aromatic nitrogens is 3. The Kier molecular flexibility index (Phi) is 3.31. The van der Waals surface area contributed by atoms with Gasteiger partial charge in [-0.15, -0.1) is 0 Å². The second-order valence-corrected chi connectivity index (χ2v) is 4.39. The van der Waals surface area contributed by atoms with Gasteiger partial charge in [0.2, 0.25) is 0 Å². The van der Waals surface area contributed by atoms with Gasteiger partial charge in [-0.3, -0.25) is 0 Å². The van der Waals surface area contributed by atoms with Gasteiger partial charge in [0.25, 0.3) is 0 Å². The summed E-state index contributed by atoms with van der Waals surface area (Å²) in [5.74, 6) is -1.50. The summed E-state index contributed by atoms with van der Waals surface area (Å²) in [7, 11) is 0. The van der Waals surface area contributed by atoms with Crippen molar-refractivity contribution in [2.45, 2.75) is 6.18 Å². The van der Waals surface area contributed by atoms with Crippen molar-refractivity contribution >= 4 is 21.9 Å². The van der Waals surface area contributed by atoms with E-state index in [4.69, 9.17) is 5.11 Å². The number of carboxylic acids is 1. The van der Waals surface area contributed by atoms with Crippen LogP contribution in [0.25, 0.3) is 5.82 Å². The average molecular weight is 336 g/mol. The van der Waals surface area contributed by atoms with Gasteiger partial charge in [-0.2, -0.15) is 18.3 Å². The lowest BCUT2D eigenvalue weighted by molar-refractivity contribution is -0.141. The van der Waals surface area contributed by atoms with Crippen LogP contribution in [-0.2, 0) is 6.18 Å². The van der Waals surface area contributed by atoms with E-state index in [1.165, 1.54) is 12.3 Å². The van der Waals surface area contributed by atoms with Gasteiger partial charge in [-0.25, -0.2) is 14.5 Å². The first-order valence-corrected chi connectivity index (χ1v) is 5.60. The van der Waals surface area contributed by atoms with Crippen LogP contribution in [0.4, 0.5) is 13.2 Å². The van der Waals surface area contributed by atoms with Gasteiger partial charge in [-0.1, -0.05) is 0 Å². The van der Waals surface area contributed by atoms with Gasteiger partial charge in [0.15, 0.2) is 11.5 Å². The molecule has 2 heterocycles. The van der Waals surface area contributed by atoms with E-state index in [0.29, 0.717) is 4.47 Å². The van der Waals surface area contributed by atoms with Gasteiger partial charge in [-0.05, 0) is 28.1 Å². The van der Waals surface area contributed by atoms with Crippen LogP contribution in [0.5, 0.6) is 0 Å². The minimum Gasteiger partial charge on any atom is -0.478 e. The lowest BCUT2D eigenvalue weighted by atomic mass is 10.2. The first-order chi connectivity index (χ1) is 8.79. The van der Waals surface area contributed by atoms with E-state index >= 15 is 0 Å². The molecule has 0 aliphatic heterocycles. The van der Waals surface area contributed by atoms with E-state index in [9.17, 15) is 18.0 Å². The van der Waals surface area contributed by atoms with Gasteiger partial charge in [0, 0.05) is 16.9 Å². The maximum Gasteiger partial charge on any atom is 0.435 e. The zero-order chi connectivity index (χ0) is 14.2. The Morgan fingerprint density at radius 3 is 2.63 bits per heavy atom. The zero-order valence-corrected chi connectivity index (χ0v) is 10.6. The number of carboxylic acid groups (broad SMARTS) is 1. The van der Waals surface area contributed by atoms with Crippen molar-refractivity contribution in [3.8, 4) is 5.82 Å². The fourth-order valence-corrected chi connectivity index (χ4v) is 1.70. The number of pyridine rings is 1. The first-order valence-electron chi connectivity index (χ1n) is 4.81. The minimum absolute atomic E-state index is 0.189. The third-order valence-electron chi connectivity index (χ3n) is 2.16. The summed E-state index contributed by atoms with van der Waals surface area (Å²) < 4.78 is 38.4. The summed E-state index contributed by atoms with van der Waals surface area (Å²) in [6.07, 6.45) is -2.31. The molecule has 100 valence electrons. The number of nitrogens with zero attached hydrogens (tertiary/aromatic N) is 3. The lowest BCUT2D eigenvalue weighted by Crippen LogP contribution is -2.11. The van der Waals surface area contributed by atoms with E-state index < -0.39 is 17.8 Å². The monoisotopic (exact) mass is 335 g/mol. The quantitative estimate of drug-likeness (QED) is 0.916. The highest BCUT2D eigenvalue weighted by Crippen LogP contribution is 2.28. The molecule has 0 radical (unpaired) electrons. The van der Waals surface area contributed by atoms with Gasteiger partial charge >= 0.3 is 12.1 Å². The number of hydrogen-bond acceptors (Lipinski definition) is 3. The Morgan fingerprint density at radius 2 is 2.11 bits per heavy atom. The smallest absolute Gasteiger partial charge is 0.435 e. The average Bonchev–Trinajstić information content (AvgIpc) is 2.77. The number of alkyl halides is 3. The summed E-state index contributed by atoms with van der Waals surface area (Å²) in [6.45, 7) is 0. The van der Waals surface area contributed by atoms with Crippen LogP contribution in [0, 0.1) is 0 Å². The van der Waals surface area contributed by atoms with Crippen molar-refractivity contribution in [3.63, 3.8) is 0 Å². The van der Waals surface area contributed by atoms with Crippen molar-refractivity contribution in [2.75, 3.05) is 0 Å². The molecular formula is C10H5BrF3N3O2. The summed E-state index contributed by atoms with van der Waals surface area (Å²) in [5.41, 5.74) is -1.38. The molecule has 0 aliphatic carbocycles. The second-order valence-electron chi connectivity index (χ2n) is 3.47. The van der Waals surface area contributed by atoms with Crippen molar-refractivity contribution < 1.29 is 23.1 Å². The standard InChI is InChI=1S/C10H5BrF3N3O2/c11-5-3-6(9(18)19)8(15-4-5)17-2-1-7(16-17)10(12,13)14/h1-4H,(H,18,19). The molecule has 0 aromatic carbocycles. The lowest BCUT2D eigenvalue weighted by Gasteiger charge is -2.06. The topological polar surface area (TPSA) is 68.0 Å². The SMILES string of the molecule is O=C(O)c1cc(Br)cnc1-n1ccc(C(F)(F)F)n1. The number of rotatable bonds is 2. The van der Waals surface area contributed by atoms with E-state index in [2.05, 4.69) is 26.0 Å². The highest BCUT2D eigenvalue weighted by atomic mass is 79.9. The molecule has 0 atom stereocenters. The van der Waals surface area contributed by atoms with Crippen LogP contribution in [0.15, 0.2) is 29.0 Å². The van der Waals surface area contributed by atoms with Crippen LogP contribution in [-0.4, -0.2) is 25.8 Å². The normalized spacial score (nSPS) is 11.6. The Balaban J connectivity index is 2.53. The maximum atomic E-state index is 12.4. The molecule has 0 bridgehead atoms. The highest BCUT2D eigenvalue weighted by molar-refractivity contribution is 9.10. The largest absolute Gasteiger partial charge is 0.478 e. The molecule has 0 amide bonds. The molecule has 0 aliphatic rings. The van der Waals surface area contributed by atoms with Crippen molar-refractivity contribution in [3.05, 3.63) is 40.3 Å². The van der Waals surface area contributed by atoms with E-state index in [0.717, 1.165) is 16.9 Å². The second kappa shape index (κ2) is 4.65. The minimum atomic E-state index is -4.59. The summed E-state index contributed by atoms with van der Waals surface area (Å²) >= 11 is 3.04. The third-order valence-corrected chi connectivity index (χ3v) is 2.59. The Bertz CT molecular complexity index is 639. The molecule has 5 nitrogen and oxygen atoms in total. The fourth-order valence-electron chi connectivity index (χ4n) is 1.37. The third kappa shape index (κ3) is 2.75. The fraction of sp³-hybridized carbons (Fsp3) is 0.100. The maximum absolute atomic E-state index is 12.4. The van der Waals surface area contributed by atoms with Gasteiger partial charge < -0.3 is 5.11 Å². The number of hydrogen-bond donors (Lipinski definition) is 1. The Labute approximate surface area is 112 Å². The number of aromatic carboxylic acids is 1. The van der Waals surface area contributed by atoms with Crippen molar-refractivity contribution in [1.29, 1.82) is 0 Å². The Hall–Kier alpha value is -1.90. The van der Waals surface area contributed by atoms with Gasteiger partial charge in [0.05, 0.1) is 0 Å². The summed E-state index contributed by atoms with van der Waals surface area (Å²) in [5, 5.41) is 12.3. The van der Waals surface area contributed by atoms with Crippen LogP contribution >= 0.6 is 15.9 Å². The van der Waals surface area contributed by atoms with E-state index in [1.54, 1.807) is 0 Å². The first kappa shape index (κ1) is 13.5. The predicted molar refractivity (Wildman–Crippen MR) is 61.0 cm³/mol. The van der Waals surface area contributed by atoms with Crippen LogP contribution in [0.1, 0.15) is 16.1 Å². The van der Waals surface area contributed by atoms with Gasteiger partial charge in [0.1, 0.15) is 5.56 Å². The molecule has 0 spiro atoms. The molecule has 0 saturated carbocycles. The molecule has 0 saturated heterocycles. The molecule has 9 heteroatoms. The highest BCUT2D eigenvalue weighted by Gasteiger charge is 2.34. The molecule has 2 aromatic rings. The molecule has 19 heavy (non-hydrogen) atoms. The van der Waals surface area contributed by atoms with Crippen LogP contribution < -0.4 is 0 Å². The molecule has 2 rings (SSSR count). The molecule has 2 aromatic heterocycles. The number of halogens is 4. The predicted octanol–water partition coefficient (Wildman–Crippen LogP) is 2.75. The van der Waals surface area contributed by atoms with Crippen LogP contribution in [0.2, 0.25) is 0 Å². The van der Waals surface area contributed by atoms with E-state index in [-0.39, 0.29) is 11.4 Å². The molecular weight excluding hydrogens is 331 g/mol. The Morgan fingerprint density at radius 1 is 1.42 bits per heavy atom. The number of carbonyl (C=O) groups is 1. The van der Waals surface area contributed by atoms with Crippen molar-refractivity contribution in [2.24, 2.45) is 0 Å². The zero-order valence-electron chi connectivity index (χ0n) is 9.02. The van der Waals surface area contributed by atoms with Crippen molar-refractivity contribution in [1.82, 2.24) is 14.8 Å². The van der Waals surface area contributed by atoms with Crippen LogP contribution in [0.3, 0.4) is 0 Å². The summed E-state index contributed by atoms with van der Waals surface area (Å²) in [6, 6.07) is 1.98. The summed E-state index contributed by atoms with van der Waals surface area (Å²) in [4.78, 5) is 14.8. The molecule has 0 fully saturated rings. The molecule has 0 unspecified atom stereocenters.